The standard InChI is InChI=1S/C28H22F5N5O3S/c1-3-27(29,30)26-16-37(17(2)35-26)23-12-9-20(19-5-4-6-22(13-19)42(39)40)14-24(23)38-25(15-34-36-38)18-7-10-21(11-8-18)41-28(31,32)33/h4-16,42H,3H2,1-2H3. The summed E-state index contributed by atoms with van der Waals surface area (Å²) in [6, 6.07) is 16.4. The first-order chi connectivity index (χ1) is 19.9. The molecule has 0 atom stereocenters. The molecule has 3 aromatic carbocycles. The highest BCUT2D eigenvalue weighted by Gasteiger charge is 2.33. The molecular weight excluding hydrogens is 581 g/mol. The fourth-order valence-corrected chi connectivity index (χ4v) is 4.84. The zero-order valence-electron chi connectivity index (χ0n) is 22.0. The Labute approximate surface area is 238 Å². The van der Waals surface area contributed by atoms with Crippen molar-refractivity contribution in [1.29, 1.82) is 0 Å². The highest BCUT2D eigenvalue weighted by Crippen LogP contribution is 2.35. The summed E-state index contributed by atoms with van der Waals surface area (Å²) in [5, 5.41) is 8.18. The fraction of sp³-hybridized carbons (Fsp3) is 0.179. The molecule has 0 bridgehead atoms. The molecule has 0 N–H and O–H groups in total. The minimum absolute atomic E-state index is 0.104. The summed E-state index contributed by atoms with van der Waals surface area (Å²) in [7, 11) is -2.84. The van der Waals surface area contributed by atoms with Crippen LogP contribution in [-0.2, 0) is 16.6 Å². The Hall–Kier alpha value is -4.59. The average molecular weight is 604 g/mol. The number of ether oxygens (including phenoxy) is 1. The van der Waals surface area contributed by atoms with Crippen molar-refractivity contribution in [2.24, 2.45) is 0 Å². The monoisotopic (exact) mass is 603 g/mol. The number of alkyl halides is 5. The minimum Gasteiger partial charge on any atom is -0.406 e. The van der Waals surface area contributed by atoms with Crippen molar-refractivity contribution in [3.05, 3.63) is 90.6 Å². The lowest BCUT2D eigenvalue weighted by Crippen LogP contribution is -2.16. The first kappa shape index (κ1) is 28.9. The second-order valence-corrected chi connectivity index (χ2v) is 10.2. The summed E-state index contributed by atoms with van der Waals surface area (Å²) >= 11 is 0. The molecule has 5 aromatic rings. The van der Waals surface area contributed by atoms with Crippen LogP contribution in [0.5, 0.6) is 5.75 Å². The van der Waals surface area contributed by atoms with Gasteiger partial charge < -0.3 is 9.30 Å². The molecule has 218 valence electrons. The van der Waals surface area contributed by atoms with Gasteiger partial charge in [-0.3, -0.25) is 0 Å². The molecule has 0 aliphatic carbocycles. The van der Waals surface area contributed by atoms with Crippen LogP contribution < -0.4 is 4.74 Å². The largest absolute Gasteiger partial charge is 0.573 e. The fourth-order valence-electron chi connectivity index (χ4n) is 4.39. The van der Waals surface area contributed by atoms with E-state index < -0.39 is 40.9 Å². The number of imidazole rings is 1. The lowest BCUT2D eigenvalue weighted by Gasteiger charge is -2.16. The summed E-state index contributed by atoms with van der Waals surface area (Å²) in [5.74, 6) is -3.31. The van der Waals surface area contributed by atoms with Crippen molar-refractivity contribution in [3.8, 4) is 39.5 Å². The third-order valence-electron chi connectivity index (χ3n) is 6.49. The zero-order chi connectivity index (χ0) is 30.2. The highest BCUT2D eigenvalue weighted by molar-refractivity contribution is 7.72. The highest BCUT2D eigenvalue weighted by atomic mass is 32.2. The molecule has 0 amide bonds. The van der Waals surface area contributed by atoms with Gasteiger partial charge in [0.1, 0.15) is 17.3 Å². The predicted molar refractivity (Wildman–Crippen MR) is 144 cm³/mol. The normalized spacial score (nSPS) is 12.2. The summed E-state index contributed by atoms with van der Waals surface area (Å²) in [4.78, 5) is 4.18. The van der Waals surface area contributed by atoms with Crippen LogP contribution >= 0.6 is 0 Å². The van der Waals surface area contributed by atoms with Crippen molar-refractivity contribution < 1.29 is 35.1 Å². The Kier molecular flexibility index (Phi) is 7.58. The van der Waals surface area contributed by atoms with E-state index in [1.807, 2.05) is 0 Å². The molecule has 0 unspecified atom stereocenters. The zero-order valence-corrected chi connectivity index (χ0v) is 22.9. The van der Waals surface area contributed by atoms with Gasteiger partial charge in [0.25, 0.3) is 5.92 Å². The van der Waals surface area contributed by atoms with Gasteiger partial charge in [0.15, 0.2) is 10.7 Å². The Morgan fingerprint density at radius 2 is 1.57 bits per heavy atom. The van der Waals surface area contributed by atoms with E-state index in [4.69, 9.17) is 0 Å². The molecule has 2 aromatic heterocycles. The molecule has 8 nitrogen and oxygen atoms in total. The predicted octanol–water partition coefficient (Wildman–Crippen LogP) is 6.47. The van der Waals surface area contributed by atoms with Crippen molar-refractivity contribution in [1.82, 2.24) is 24.5 Å². The Balaban J connectivity index is 1.68. The second-order valence-electron chi connectivity index (χ2n) is 9.22. The summed E-state index contributed by atoms with van der Waals surface area (Å²) < 4.78 is 97.1. The van der Waals surface area contributed by atoms with Crippen molar-refractivity contribution in [2.75, 3.05) is 0 Å². The van der Waals surface area contributed by atoms with E-state index in [1.54, 1.807) is 37.3 Å². The van der Waals surface area contributed by atoms with Gasteiger partial charge in [-0.15, -0.1) is 18.3 Å². The number of hydrogen-bond acceptors (Lipinski definition) is 6. The van der Waals surface area contributed by atoms with E-state index >= 15 is 0 Å². The molecule has 0 saturated heterocycles. The Bertz CT molecular complexity index is 1820. The van der Waals surface area contributed by atoms with Crippen LogP contribution in [0, 0.1) is 6.92 Å². The number of nitrogens with zero attached hydrogens (tertiary/aromatic N) is 5. The molecule has 42 heavy (non-hydrogen) atoms. The van der Waals surface area contributed by atoms with Crippen LogP contribution in [0.2, 0.25) is 0 Å². The van der Waals surface area contributed by atoms with Gasteiger partial charge in [-0.2, -0.15) is 8.78 Å². The van der Waals surface area contributed by atoms with Crippen LogP contribution in [-0.4, -0.2) is 39.3 Å². The quantitative estimate of drug-likeness (QED) is 0.162. The van der Waals surface area contributed by atoms with Crippen LogP contribution in [0.1, 0.15) is 24.9 Å². The molecule has 14 heteroatoms. The maximum atomic E-state index is 14.5. The van der Waals surface area contributed by atoms with Gasteiger partial charge >= 0.3 is 6.36 Å². The molecule has 0 saturated carbocycles. The third kappa shape index (κ3) is 5.88. The molecule has 0 fully saturated rings. The van der Waals surface area contributed by atoms with Gasteiger partial charge in [0, 0.05) is 18.2 Å². The molecule has 0 aliphatic heterocycles. The summed E-state index contributed by atoms with van der Waals surface area (Å²) in [5.41, 5.74) is 2.31. The topological polar surface area (TPSA) is 91.9 Å². The smallest absolute Gasteiger partial charge is 0.406 e. The Morgan fingerprint density at radius 1 is 0.881 bits per heavy atom. The van der Waals surface area contributed by atoms with Crippen LogP contribution in [0.4, 0.5) is 22.0 Å². The molecule has 0 spiro atoms. The first-order valence-electron chi connectivity index (χ1n) is 12.5. The number of aryl methyl sites for hydroxylation is 1. The molecule has 2 heterocycles. The van der Waals surface area contributed by atoms with E-state index in [1.165, 1.54) is 52.8 Å². The maximum absolute atomic E-state index is 14.5. The average Bonchev–Trinajstić information content (AvgIpc) is 3.60. The number of benzene rings is 3. The molecule has 0 radical (unpaired) electrons. The van der Waals surface area contributed by atoms with Crippen LogP contribution in [0.3, 0.4) is 0 Å². The van der Waals surface area contributed by atoms with E-state index in [2.05, 4.69) is 20.0 Å². The number of aromatic nitrogens is 5. The van der Waals surface area contributed by atoms with E-state index in [0.717, 1.165) is 12.1 Å². The molecular formula is C28H22F5N5O3S. The molecule has 0 aliphatic rings. The van der Waals surface area contributed by atoms with Gasteiger partial charge in [0.2, 0.25) is 0 Å². The van der Waals surface area contributed by atoms with E-state index in [9.17, 15) is 30.4 Å². The number of halogens is 5. The third-order valence-corrected chi connectivity index (χ3v) is 7.19. The van der Waals surface area contributed by atoms with Crippen molar-refractivity contribution in [2.45, 2.75) is 37.4 Å². The number of hydrogen-bond donors (Lipinski definition) is 1. The second kappa shape index (κ2) is 11.0. The van der Waals surface area contributed by atoms with Crippen molar-refractivity contribution in [3.63, 3.8) is 0 Å². The van der Waals surface area contributed by atoms with E-state index in [0.29, 0.717) is 33.8 Å². The summed E-state index contributed by atoms with van der Waals surface area (Å²) in [6.07, 6.45) is -2.67. The van der Waals surface area contributed by atoms with Crippen LogP contribution in [0.25, 0.3) is 33.8 Å². The van der Waals surface area contributed by atoms with Gasteiger partial charge in [-0.05, 0) is 66.6 Å². The van der Waals surface area contributed by atoms with E-state index in [-0.39, 0.29) is 10.7 Å². The number of rotatable bonds is 8. The molecule has 5 rings (SSSR count). The first-order valence-corrected chi connectivity index (χ1v) is 13.6. The minimum atomic E-state index is -4.85. The number of thiol groups is 1. The van der Waals surface area contributed by atoms with Gasteiger partial charge in [-0.1, -0.05) is 30.3 Å². The maximum Gasteiger partial charge on any atom is 0.573 e. The SMILES string of the molecule is CCC(F)(F)c1cn(-c2ccc(-c3cccc([SH](=O)=O)c3)cc2-n2nncc2-c2ccc(OC(F)(F)F)cc2)c(C)n1. The lowest BCUT2D eigenvalue weighted by atomic mass is 10.0. The Morgan fingerprint density at radius 3 is 2.24 bits per heavy atom. The lowest BCUT2D eigenvalue weighted by molar-refractivity contribution is -0.274. The van der Waals surface area contributed by atoms with Gasteiger partial charge in [0.05, 0.1) is 28.2 Å². The van der Waals surface area contributed by atoms with Gasteiger partial charge in [-0.25, -0.2) is 18.1 Å². The summed E-state index contributed by atoms with van der Waals surface area (Å²) in [6.45, 7) is 2.92. The van der Waals surface area contributed by atoms with Crippen LogP contribution in [0.15, 0.2) is 84.0 Å². The van der Waals surface area contributed by atoms with Crippen molar-refractivity contribution >= 4 is 10.7 Å².